The van der Waals surface area contributed by atoms with Crippen LogP contribution in [-0.2, 0) is 6.54 Å². The predicted molar refractivity (Wildman–Crippen MR) is 118 cm³/mol. The Hall–Kier alpha value is -3.53. The number of aromatic nitrogens is 4. The lowest BCUT2D eigenvalue weighted by Crippen LogP contribution is -2.31. The number of ketones is 1. The zero-order valence-electron chi connectivity index (χ0n) is 17.1. The zero-order valence-corrected chi connectivity index (χ0v) is 17.9. The first-order valence-corrected chi connectivity index (χ1v) is 10.2. The number of hydrogen-bond donors (Lipinski definition) is 0. The minimum atomic E-state index is -0.680. The third-order valence-corrected chi connectivity index (χ3v) is 5.55. The number of rotatable bonds is 6. The molecule has 0 saturated heterocycles. The Balaban J connectivity index is 1.38. The van der Waals surface area contributed by atoms with Gasteiger partial charge in [-0.2, -0.15) is 0 Å². The molecule has 0 aliphatic carbocycles. The molecule has 0 fully saturated rings. The second kappa shape index (κ2) is 9.31. The number of allylic oxidation sites excluding steroid dienone is 1. The van der Waals surface area contributed by atoms with Gasteiger partial charge in [0.2, 0.25) is 11.6 Å². The molecular weight excluding hydrogens is 436 g/mol. The van der Waals surface area contributed by atoms with Crippen LogP contribution in [-0.4, -0.2) is 44.2 Å². The molecule has 3 heterocycles. The predicted octanol–water partition coefficient (Wildman–Crippen LogP) is 3.60. The van der Waals surface area contributed by atoms with Gasteiger partial charge in [-0.1, -0.05) is 30.4 Å². The topological polar surface area (TPSA) is 73.1 Å². The number of benzene rings is 1. The van der Waals surface area contributed by atoms with Crippen LogP contribution in [0.1, 0.15) is 22.6 Å². The van der Waals surface area contributed by atoms with Gasteiger partial charge in [0.05, 0.1) is 17.5 Å². The Morgan fingerprint density at radius 3 is 2.81 bits per heavy atom. The maximum Gasteiger partial charge on any atom is 0.217 e. The van der Waals surface area contributed by atoms with Crippen LogP contribution in [0.2, 0.25) is 0 Å². The number of halogens is 2. The monoisotopic (exact) mass is 455 g/mol. The first-order valence-electron chi connectivity index (χ1n) is 9.81. The van der Waals surface area contributed by atoms with E-state index in [1.54, 1.807) is 23.2 Å². The second-order valence-electron chi connectivity index (χ2n) is 7.16. The van der Waals surface area contributed by atoms with Gasteiger partial charge in [0.15, 0.2) is 11.6 Å². The number of carbonyl (C=O) groups excluding carboxylic acids is 1. The van der Waals surface area contributed by atoms with Crippen LogP contribution in [0.15, 0.2) is 55.0 Å². The smallest absolute Gasteiger partial charge is 0.217 e. The molecule has 1 aliphatic rings. The SMILES string of the molecule is CN1C(=S)C(/C=C/CC(=O)c2ncn(Cc3c(F)cccc3F)n2)COc2cccnc21. The number of pyridine rings is 1. The van der Waals surface area contributed by atoms with Crippen LogP contribution < -0.4 is 9.64 Å². The van der Waals surface area contributed by atoms with Gasteiger partial charge in [-0.3, -0.25) is 4.79 Å². The van der Waals surface area contributed by atoms with Crippen molar-refractivity contribution in [2.45, 2.75) is 13.0 Å². The summed E-state index contributed by atoms with van der Waals surface area (Å²) < 4.78 is 34.7. The summed E-state index contributed by atoms with van der Waals surface area (Å²) in [6.45, 7) is 0.164. The minimum Gasteiger partial charge on any atom is -0.489 e. The largest absolute Gasteiger partial charge is 0.489 e. The third-order valence-electron chi connectivity index (χ3n) is 4.97. The second-order valence-corrected chi connectivity index (χ2v) is 7.58. The summed E-state index contributed by atoms with van der Waals surface area (Å²) >= 11 is 5.55. The fourth-order valence-corrected chi connectivity index (χ4v) is 3.50. The number of ether oxygens (including phenoxy) is 1. The Morgan fingerprint density at radius 1 is 1.25 bits per heavy atom. The molecule has 3 aromatic rings. The maximum absolute atomic E-state index is 13.8. The summed E-state index contributed by atoms with van der Waals surface area (Å²) in [5, 5.41) is 4.04. The lowest BCUT2D eigenvalue weighted by molar-refractivity contribution is 0.0985. The number of anilines is 1. The fraction of sp³-hybridized carbons (Fsp3) is 0.227. The van der Waals surface area contributed by atoms with Gasteiger partial charge in [-0.15, -0.1) is 5.10 Å². The Kier molecular flexibility index (Phi) is 6.31. The molecule has 0 spiro atoms. The van der Waals surface area contributed by atoms with Crippen molar-refractivity contribution >= 4 is 28.8 Å². The van der Waals surface area contributed by atoms with Crippen molar-refractivity contribution in [3.05, 3.63) is 78.0 Å². The summed E-state index contributed by atoms with van der Waals surface area (Å²) in [6, 6.07) is 7.23. The highest BCUT2D eigenvalue weighted by atomic mass is 32.1. The fourth-order valence-electron chi connectivity index (χ4n) is 3.26. The molecule has 4 rings (SSSR count). The number of carbonyl (C=O) groups is 1. The van der Waals surface area contributed by atoms with Crippen LogP contribution in [0.5, 0.6) is 5.75 Å². The van der Waals surface area contributed by atoms with Gasteiger partial charge in [0, 0.05) is 25.2 Å². The maximum atomic E-state index is 13.8. The molecule has 10 heteroatoms. The number of hydrogen-bond acceptors (Lipinski definition) is 6. The van der Waals surface area contributed by atoms with E-state index in [4.69, 9.17) is 17.0 Å². The van der Waals surface area contributed by atoms with Crippen molar-refractivity contribution < 1.29 is 18.3 Å². The van der Waals surface area contributed by atoms with Crippen LogP contribution >= 0.6 is 12.2 Å². The van der Waals surface area contributed by atoms with Crippen molar-refractivity contribution in [1.82, 2.24) is 19.7 Å². The number of thiocarbonyl (C=S) groups is 1. The number of fused-ring (bicyclic) bond motifs is 1. The van der Waals surface area contributed by atoms with Crippen LogP contribution in [0.3, 0.4) is 0 Å². The quantitative estimate of drug-likeness (QED) is 0.319. The van der Waals surface area contributed by atoms with Gasteiger partial charge in [0.25, 0.3) is 0 Å². The van der Waals surface area contributed by atoms with E-state index in [0.29, 0.717) is 23.2 Å². The van der Waals surface area contributed by atoms with Crippen molar-refractivity contribution in [2.75, 3.05) is 18.6 Å². The molecule has 2 aromatic heterocycles. The summed E-state index contributed by atoms with van der Waals surface area (Å²) in [4.78, 5) is 23.1. The molecule has 1 atom stereocenters. The summed E-state index contributed by atoms with van der Waals surface area (Å²) in [6.07, 6.45) is 6.50. The molecule has 32 heavy (non-hydrogen) atoms. The van der Waals surface area contributed by atoms with Crippen LogP contribution in [0, 0.1) is 17.6 Å². The van der Waals surface area contributed by atoms with Gasteiger partial charge < -0.3 is 9.64 Å². The highest BCUT2D eigenvalue weighted by Gasteiger charge is 2.25. The molecule has 0 N–H and O–H groups in total. The normalized spacial score (nSPS) is 16.0. The molecule has 0 amide bonds. The molecular formula is C22H19F2N5O2S. The van der Waals surface area contributed by atoms with E-state index in [1.165, 1.54) is 29.2 Å². The van der Waals surface area contributed by atoms with Gasteiger partial charge in [-0.25, -0.2) is 23.4 Å². The number of nitrogens with zero attached hydrogens (tertiary/aromatic N) is 5. The van der Waals surface area contributed by atoms with Gasteiger partial charge in [0.1, 0.15) is 24.6 Å². The third kappa shape index (κ3) is 4.54. The summed E-state index contributed by atoms with van der Waals surface area (Å²) in [7, 11) is 1.82. The molecule has 0 saturated carbocycles. The molecule has 0 radical (unpaired) electrons. The summed E-state index contributed by atoms with van der Waals surface area (Å²) in [5.41, 5.74) is -0.141. The Labute approximate surface area is 188 Å². The molecule has 164 valence electrons. The molecule has 1 unspecified atom stereocenters. The highest BCUT2D eigenvalue weighted by Crippen LogP contribution is 2.30. The van der Waals surface area contributed by atoms with Crippen LogP contribution in [0.4, 0.5) is 14.6 Å². The van der Waals surface area contributed by atoms with Crippen molar-refractivity contribution in [3.63, 3.8) is 0 Å². The Morgan fingerprint density at radius 2 is 2.03 bits per heavy atom. The average Bonchev–Trinajstić information content (AvgIpc) is 3.22. The van der Waals surface area contributed by atoms with Gasteiger partial charge in [-0.05, 0) is 24.3 Å². The lowest BCUT2D eigenvalue weighted by atomic mass is 10.1. The molecule has 7 nitrogen and oxygen atoms in total. The van der Waals surface area contributed by atoms with E-state index in [9.17, 15) is 13.6 Å². The molecule has 1 aliphatic heterocycles. The van der Waals surface area contributed by atoms with E-state index in [0.717, 1.165) is 0 Å². The highest BCUT2D eigenvalue weighted by molar-refractivity contribution is 7.80. The van der Waals surface area contributed by atoms with Crippen molar-refractivity contribution in [2.24, 2.45) is 5.92 Å². The van der Waals surface area contributed by atoms with Crippen molar-refractivity contribution in [3.8, 4) is 5.75 Å². The van der Waals surface area contributed by atoms with E-state index in [2.05, 4.69) is 15.1 Å². The first-order chi connectivity index (χ1) is 15.4. The summed E-state index contributed by atoms with van der Waals surface area (Å²) in [5.74, 6) is -0.643. The molecule has 1 aromatic carbocycles. The Bertz CT molecular complexity index is 1180. The van der Waals surface area contributed by atoms with E-state index >= 15 is 0 Å². The zero-order chi connectivity index (χ0) is 22.7. The lowest BCUT2D eigenvalue weighted by Gasteiger charge is -2.19. The van der Waals surface area contributed by atoms with Gasteiger partial charge >= 0.3 is 0 Å². The van der Waals surface area contributed by atoms with Crippen molar-refractivity contribution in [1.29, 1.82) is 0 Å². The average molecular weight is 455 g/mol. The van der Waals surface area contributed by atoms with Crippen LogP contribution in [0.25, 0.3) is 0 Å². The standard InChI is InChI=1S/C22H19F2N5O2S/c1-28-21-19(9-4-10-25-21)31-12-14(22(28)32)5-2-8-18(30)20-26-13-29(27-20)11-15-16(23)6-3-7-17(15)24/h2-7,9-10,13-14H,8,11-12H2,1H3/b5-2+. The first kappa shape index (κ1) is 21.7. The molecule has 0 bridgehead atoms. The minimum absolute atomic E-state index is 0.0280. The number of Topliss-reactive ketones (excluding diaryl/α,β-unsaturated/α-hetero) is 1. The van der Waals surface area contributed by atoms with E-state index < -0.39 is 11.6 Å². The van der Waals surface area contributed by atoms with E-state index in [1.807, 2.05) is 19.2 Å². The van der Waals surface area contributed by atoms with E-state index in [-0.39, 0.29) is 36.1 Å².